The van der Waals surface area contributed by atoms with E-state index in [1.807, 2.05) is 0 Å². The van der Waals surface area contributed by atoms with Crippen LogP contribution in [-0.2, 0) is 9.53 Å². The Hall–Kier alpha value is -0.370. The number of rotatable bonds is 8. The van der Waals surface area contributed by atoms with Crippen molar-refractivity contribution in [2.24, 2.45) is 11.8 Å². The van der Waals surface area contributed by atoms with Gasteiger partial charge in [0.2, 0.25) is 0 Å². The number of hydrogen-bond donors (Lipinski definition) is 0. The van der Waals surface area contributed by atoms with Crippen LogP contribution in [0, 0.1) is 11.8 Å². The molecule has 0 amide bonds. The van der Waals surface area contributed by atoms with Crippen molar-refractivity contribution in [3.8, 4) is 0 Å². The molecule has 84 valence electrons. The van der Waals surface area contributed by atoms with Crippen molar-refractivity contribution < 1.29 is 9.53 Å². The summed E-state index contributed by atoms with van der Waals surface area (Å²) in [6.07, 6.45) is 5.42. The molecule has 0 aliphatic heterocycles. The largest absolute Gasteiger partial charge is 0.381 e. The average Bonchev–Trinajstić information content (AvgIpc) is 2.16. The Morgan fingerprint density at radius 3 is 2.36 bits per heavy atom. The van der Waals surface area contributed by atoms with Gasteiger partial charge in [-0.2, -0.15) is 0 Å². The summed E-state index contributed by atoms with van der Waals surface area (Å²) in [6, 6.07) is 0. The quantitative estimate of drug-likeness (QED) is 0.563. The Bertz CT molecular complexity index is 143. The van der Waals surface area contributed by atoms with E-state index >= 15 is 0 Å². The van der Waals surface area contributed by atoms with Crippen LogP contribution in [-0.4, -0.2) is 19.5 Å². The number of unbranched alkanes of at least 4 members (excludes halogenated alkanes) is 1. The highest BCUT2D eigenvalue weighted by Crippen LogP contribution is 2.19. The first-order chi connectivity index (χ1) is 6.65. The molecule has 0 aromatic heterocycles. The first-order valence-electron chi connectivity index (χ1n) is 5.63. The zero-order valence-electron chi connectivity index (χ0n) is 9.95. The molecule has 0 aliphatic carbocycles. The Morgan fingerprint density at radius 1 is 1.36 bits per heavy atom. The molecular formula is C12H24O2. The molecule has 0 aliphatic rings. The van der Waals surface area contributed by atoms with Gasteiger partial charge in [0.15, 0.2) is 0 Å². The minimum atomic E-state index is 0.0755. The molecule has 0 aromatic rings. The van der Waals surface area contributed by atoms with Crippen molar-refractivity contribution in [2.75, 3.05) is 7.11 Å². The third kappa shape index (κ3) is 5.38. The monoisotopic (exact) mass is 200 g/mol. The van der Waals surface area contributed by atoms with Gasteiger partial charge in [0.1, 0.15) is 6.29 Å². The maximum atomic E-state index is 10.9. The molecule has 0 rings (SSSR count). The van der Waals surface area contributed by atoms with Gasteiger partial charge >= 0.3 is 0 Å². The van der Waals surface area contributed by atoms with Crippen LogP contribution < -0.4 is 0 Å². The van der Waals surface area contributed by atoms with Crippen LogP contribution in [0.1, 0.15) is 46.5 Å². The van der Waals surface area contributed by atoms with Crippen molar-refractivity contribution in [3.63, 3.8) is 0 Å². The maximum Gasteiger partial charge on any atom is 0.125 e. The summed E-state index contributed by atoms with van der Waals surface area (Å²) in [5.74, 6) is 0.635. The molecule has 0 bridgehead atoms. The van der Waals surface area contributed by atoms with Crippen molar-refractivity contribution in [3.05, 3.63) is 0 Å². The van der Waals surface area contributed by atoms with Crippen molar-refractivity contribution in [1.29, 1.82) is 0 Å². The van der Waals surface area contributed by atoms with Gasteiger partial charge in [-0.3, -0.25) is 0 Å². The fourth-order valence-electron chi connectivity index (χ4n) is 1.75. The summed E-state index contributed by atoms with van der Waals surface area (Å²) in [4.78, 5) is 10.9. The van der Waals surface area contributed by atoms with Crippen LogP contribution in [0.2, 0.25) is 0 Å². The van der Waals surface area contributed by atoms with E-state index in [2.05, 4.69) is 20.8 Å². The fourth-order valence-corrected chi connectivity index (χ4v) is 1.75. The first-order valence-corrected chi connectivity index (χ1v) is 5.63. The molecule has 2 atom stereocenters. The topological polar surface area (TPSA) is 26.3 Å². The predicted octanol–water partition coefficient (Wildman–Crippen LogP) is 3.05. The lowest BCUT2D eigenvalue weighted by Gasteiger charge is -2.22. The van der Waals surface area contributed by atoms with Crippen LogP contribution in [0.3, 0.4) is 0 Å². The van der Waals surface area contributed by atoms with Crippen LogP contribution in [0.25, 0.3) is 0 Å². The van der Waals surface area contributed by atoms with E-state index in [0.29, 0.717) is 5.92 Å². The lowest BCUT2D eigenvalue weighted by atomic mass is 9.90. The van der Waals surface area contributed by atoms with Gasteiger partial charge < -0.3 is 9.53 Å². The molecule has 0 N–H and O–H groups in total. The highest BCUT2D eigenvalue weighted by molar-refractivity contribution is 5.54. The zero-order chi connectivity index (χ0) is 11.0. The molecule has 2 unspecified atom stereocenters. The normalized spacial score (nSPS) is 15.5. The Balaban J connectivity index is 4.07. The molecule has 0 heterocycles. The average molecular weight is 200 g/mol. The minimum Gasteiger partial charge on any atom is -0.381 e. The van der Waals surface area contributed by atoms with E-state index in [-0.39, 0.29) is 12.0 Å². The standard InChI is InChI=1S/C12H24O2/c1-5-6-7-12(14-4)11(9-13)8-10(2)3/h9-12H,5-8H2,1-4H3. The molecule has 0 radical (unpaired) electrons. The van der Waals surface area contributed by atoms with Crippen LogP contribution >= 0.6 is 0 Å². The summed E-state index contributed by atoms with van der Waals surface area (Å²) in [5, 5.41) is 0. The Labute approximate surface area is 88.0 Å². The Kier molecular flexibility index (Phi) is 7.77. The van der Waals surface area contributed by atoms with Crippen LogP contribution in [0.4, 0.5) is 0 Å². The second-order valence-corrected chi connectivity index (χ2v) is 4.35. The molecule has 2 nitrogen and oxygen atoms in total. The third-order valence-corrected chi connectivity index (χ3v) is 2.54. The smallest absolute Gasteiger partial charge is 0.125 e. The molecule has 2 heteroatoms. The number of hydrogen-bond acceptors (Lipinski definition) is 2. The molecule has 0 aromatic carbocycles. The highest BCUT2D eigenvalue weighted by Gasteiger charge is 2.20. The number of carbonyl (C=O) groups is 1. The number of aldehydes is 1. The van der Waals surface area contributed by atoms with Crippen molar-refractivity contribution in [1.82, 2.24) is 0 Å². The van der Waals surface area contributed by atoms with E-state index < -0.39 is 0 Å². The lowest BCUT2D eigenvalue weighted by molar-refractivity contribution is -0.116. The van der Waals surface area contributed by atoms with E-state index in [1.165, 1.54) is 0 Å². The van der Waals surface area contributed by atoms with Crippen molar-refractivity contribution >= 4 is 6.29 Å². The molecule has 0 spiro atoms. The van der Waals surface area contributed by atoms with E-state index in [0.717, 1.165) is 32.0 Å². The summed E-state index contributed by atoms with van der Waals surface area (Å²) >= 11 is 0. The van der Waals surface area contributed by atoms with Crippen LogP contribution in [0.5, 0.6) is 0 Å². The fraction of sp³-hybridized carbons (Fsp3) is 0.917. The summed E-state index contributed by atoms with van der Waals surface area (Å²) in [7, 11) is 1.71. The molecular weight excluding hydrogens is 176 g/mol. The lowest BCUT2D eigenvalue weighted by Crippen LogP contribution is -2.25. The molecule has 14 heavy (non-hydrogen) atoms. The zero-order valence-corrected chi connectivity index (χ0v) is 9.95. The van der Waals surface area contributed by atoms with Crippen molar-refractivity contribution in [2.45, 2.75) is 52.6 Å². The van der Waals surface area contributed by atoms with Gasteiger partial charge in [-0.1, -0.05) is 33.6 Å². The van der Waals surface area contributed by atoms with E-state index in [1.54, 1.807) is 7.11 Å². The highest BCUT2D eigenvalue weighted by atomic mass is 16.5. The third-order valence-electron chi connectivity index (χ3n) is 2.54. The van der Waals surface area contributed by atoms with E-state index in [9.17, 15) is 4.79 Å². The molecule has 0 saturated heterocycles. The maximum absolute atomic E-state index is 10.9. The number of methoxy groups -OCH3 is 1. The van der Waals surface area contributed by atoms with Gasteiger partial charge in [-0.25, -0.2) is 0 Å². The number of carbonyl (C=O) groups excluding carboxylic acids is 1. The van der Waals surface area contributed by atoms with Gasteiger partial charge in [0.05, 0.1) is 6.10 Å². The summed E-state index contributed by atoms with van der Waals surface area (Å²) in [6.45, 7) is 6.44. The van der Waals surface area contributed by atoms with Gasteiger partial charge in [-0.05, 0) is 18.8 Å². The first kappa shape index (κ1) is 13.6. The van der Waals surface area contributed by atoms with E-state index in [4.69, 9.17) is 4.74 Å². The van der Waals surface area contributed by atoms with Gasteiger partial charge in [-0.15, -0.1) is 0 Å². The van der Waals surface area contributed by atoms with Gasteiger partial charge in [0, 0.05) is 13.0 Å². The predicted molar refractivity (Wildman–Crippen MR) is 59.3 cm³/mol. The summed E-state index contributed by atoms with van der Waals surface area (Å²) < 4.78 is 5.38. The second kappa shape index (κ2) is 7.98. The SMILES string of the molecule is CCCCC(OC)C(C=O)CC(C)C. The number of ether oxygens (including phenoxy) is 1. The minimum absolute atomic E-state index is 0.0755. The van der Waals surface area contributed by atoms with Crippen LogP contribution in [0.15, 0.2) is 0 Å². The van der Waals surface area contributed by atoms with Gasteiger partial charge in [0.25, 0.3) is 0 Å². The molecule has 0 fully saturated rings. The Morgan fingerprint density at radius 2 is 2.00 bits per heavy atom. The summed E-state index contributed by atoms with van der Waals surface area (Å²) in [5.41, 5.74) is 0. The second-order valence-electron chi connectivity index (χ2n) is 4.35. The molecule has 0 saturated carbocycles.